The van der Waals surface area contributed by atoms with Gasteiger partial charge in [-0.3, -0.25) is 0 Å². The Morgan fingerprint density at radius 3 is 2.26 bits per heavy atom. The van der Waals surface area contributed by atoms with E-state index in [4.69, 9.17) is 4.74 Å². The van der Waals surface area contributed by atoms with Crippen LogP contribution in [0.2, 0.25) is 0 Å². The van der Waals surface area contributed by atoms with E-state index in [-0.39, 0.29) is 12.1 Å². The van der Waals surface area contributed by atoms with Gasteiger partial charge in [0.25, 0.3) is 0 Å². The number of hydrogen-bond donors (Lipinski definition) is 0. The standard InChI is InChI=1S/C16H24O3/c1-12(2)6-5-7-13(3)19-15-10-8-14(9-11-15)16(17)18-4/h8-13H,5-7H2,1-4H3. The minimum atomic E-state index is -0.323. The zero-order chi connectivity index (χ0) is 14.3. The molecule has 0 radical (unpaired) electrons. The molecule has 1 unspecified atom stereocenters. The molecular weight excluding hydrogens is 240 g/mol. The van der Waals surface area contributed by atoms with Crippen molar-refractivity contribution in [3.05, 3.63) is 29.8 Å². The van der Waals surface area contributed by atoms with Crippen LogP contribution in [-0.4, -0.2) is 19.2 Å². The maximum absolute atomic E-state index is 11.3. The van der Waals surface area contributed by atoms with Crippen molar-refractivity contribution in [3.8, 4) is 5.75 Å². The summed E-state index contributed by atoms with van der Waals surface area (Å²) in [5, 5.41) is 0. The van der Waals surface area contributed by atoms with Crippen LogP contribution in [0.1, 0.15) is 50.4 Å². The van der Waals surface area contributed by atoms with E-state index >= 15 is 0 Å². The average Bonchev–Trinajstić information content (AvgIpc) is 2.38. The summed E-state index contributed by atoms with van der Waals surface area (Å²) in [5.41, 5.74) is 0.544. The normalized spacial score (nSPS) is 12.3. The molecule has 106 valence electrons. The summed E-state index contributed by atoms with van der Waals surface area (Å²) < 4.78 is 10.5. The second-order valence-corrected chi connectivity index (χ2v) is 5.27. The predicted octanol–water partition coefficient (Wildman–Crippen LogP) is 4.07. The van der Waals surface area contributed by atoms with Gasteiger partial charge in [0.1, 0.15) is 5.75 Å². The first kappa shape index (κ1) is 15.5. The molecule has 0 amide bonds. The molecule has 0 saturated heterocycles. The quantitative estimate of drug-likeness (QED) is 0.696. The first-order valence-corrected chi connectivity index (χ1v) is 6.88. The lowest BCUT2D eigenvalue weighted by atomic mass is 10.0. The fourth-order valence-corrected chi connectivity index (χ4v) is 1.89. The van der Waals surface area contributed by atoms with Crippen molar-refractivity contribution in [2.45, 2.75) is 46.1 Å². The van der Waals surface area contributed by atoms with Crippen LogP contribution in [0.5, 0.6) is 5.75 Å². The van der Waals surface area contributed by atoms with Gasteiger partial charge in [-0.25, -0.2) is 4.79 Å². The molecule has 3 heteroatoms. The summed E-state index contributed by atoms with van der Waals surface area (Å²) in [6.45, 7) is 6.54. The Bertz CT molecular complexity index is 381. The Kier molecular flexibility index (Phi) is 6.40. The van der Waals surface area contributed by atoms with Crippen LogP contribution >= 0.6 is 0 Å². The molecule has 0 spiro atoms. The van der Waals surface area contributed by atoms with Crippen LogP contribution in [0, 0.1) is 5.92 Å². The van der Waals surface area contributed by atoms with E-state index in [0.29, 0.717) is 5.56 Å². The van der Waals surface area contributed by atoms with Crippen LogP contribution in [0.3, 0.4) is 0 Å². The highest BCUT2D eigenvalue weighted by Gasteiger charge is 2.07. The maximum Gasteiger partial charge on any atom is 0.337 e. The van der Waals surface area contributed by atoms with E-state index in [2.05, 4.69) is 25.5 Å². The maximum atomic E-state index is 11.3. The van der Waals surface area contributed by atoms with Crippen molar-refractivity contribution in [1.29, 1.82) is 0 Å². The number of methoxy groups -OCH3 is 1. The molecule has 0 bridgehead atoms. The minimum Gasteiger partial charge on any atom is -0.491 e. The molecule has 0 aromatic heterocycles. The van der Waals surface area contributed by atoms with Crippen LogP contribution in [0.15, 0.2) is 24.3 Å². The van der Waals surface area contributed by atoms with Crippen molar-refractivity contribution >= 4 is 5.97 Å². The highest BCUT2D eigenvalue weighted by Crippen LogP contribution is 2.17. The zero-order valence-electron chi connectivity index (χ0n) is 12.3. The SMILES string of the molecule is COC(=O)c1ccc(OC(C)CCCC(C)C)cc1. The van der Waals surface area contributed by atoms with Gasteiger partial charge < -0.3 is 9.47 Å². The molecule has 1 rings (SSSR count). The van der Waals surface area contributed by atoms with Crippen molar-refractivity contribution in [2.75, 3.05) is 7.11 Å². The van der Waals surface area contributed by atoms with E-state index < -0.39 is 0 Å². The largest absolute Gasteiger partial charge is 0.491 e. The summed E-state index contributed by atoms with van der Waals surface area (Å²) in [7, 11) is 1.38. The lowest BCUT2D eigenvalue weighted by molar-refractivity contribution is 0.0600. The Balaban J connectivity index is 2.42. The van der Waals surface area contributed by atoms with Gasteiger partial charge in [0.05, 0.1) is 18.8 Å². The molecule has 19 heavy (non-hydrogen) atoms. The third-order valence-electron chi connectivity index (χ3n) is 3.00. The summed E-state index contributed by atoms with van der Waals surface area (Å²) in [5.74, 6) is 1.22. The van der Waals surface area contributed by atoms with Gasteiger partial charge in [0, 0.05) is 0 Å². The van der Waals surface area contributed by atoms with E-state index in [1.807, 2.05) is 12.1 Å². The molecule has 1 aromatic carbocycles. The monoisotopic (exact) mass is 264 g/mol. The number of ether oxygens (including phenoxy) is 2. The number of esters is 1. The van der Waals surface area contributed by atoms with Crippen LogP contribution in [0.25, 0.3) is 0 Å². The molecule has 0 saturated carbocycles. The summed E-state index contributed by atoms with van der Waals surface area (Å²) >= 11 is 0. The summed E-state index contributed by atoms with van der Waals surface area (Å²) in [6.07, 6.45) is 3.66. The average molecular weight is 264 g/mol. The third-order valence-corrected chi connectivity index (χ3v) is 3.00. The van der Waals surface area contributed by atoms with Gasteiger partial charge in [-0.2, -0.15) is 0 Å². The molecule has 1 atom stereocenters. The molecule has 0 fully saturated rings. The van der Waals surface area contributed by atoms with E-state index in [9.17, 15) is 4.79 Å². The predicted molar refractivity (Wildman–Crippen MR) is 76.6 cm³/mol. The minimum absolute atomic E-state index is 0.197. The smallest absolute Gasteiger partial charge is 0.337 e. The van der Waals surface area contributed by atoms with E-state index in [1.54, 1.807) is 12.1 Å². The Morgan fingerprint density at radius 1 is 1.11 bits per heavy atom. The second-order valence-electron chi connectivity index (χ2n) is 5.27. The van der Waals surface area contributed by atoms with Crippen molar-refractivity contribution < 1.29 is 14.3 Å². The van der Waals surface area contributed by atoms with Gasteiger partial charge in [0.2, 0.25) is 0 Å². The van der Waals surface area contributed by atoms with Gasteiger partial charge >= 0.3 is 5.97 Å². The van der Waals surface area contributed by atoms with Crippen LogP contribution in [0.4, 0.5) is 0 Å². The molecule has 1 aromatic rings. The summed E-state index contributed by atoms with van der Waals surface area (Å²) in [6, 6.07) is 7.07. The zero-order valence-corrected chi connectivity index (χ0v) is 12.3. The lowest BCUT2D eigenvalue weighted by Crippen LogP contribution is -2.12. The Labute approximate surface area is 115 Å². The third kappa shape index (κ3) is 5.77. The molecular formula is C16H24O3. The number of carbonyl (C=O) groups is 1. The number of benzene rings is 1. The van der Waals surface area contributed by atoms with Crippen LogP contribution in [-0.2, 0) is 4.74 Å². The molecule has 0 aliphatic carbocycles. The van der Waals surface area contributed by atoms with Gasteiger partial charge in [-0.1, -0.05) is 20.3 Å². The summed E-state index contributed by atoms with van der Waals surface area (Å²) in [4.78, 5) is 11.3. The van der Waals surface area contributed by atoms with Crippen molar-refractivity contribution in [3.63, 3.8) is 0 Å². The molecule has 0 N–H and O–H groups in total. The first-order chi connectivity index (χ1) is 9.02. The van der Waals surface area contributed by atoms with Gasteiger partial charge in [0.15, 0.2) is 0 Å². The Hall–Kier alpha value is -1.51. The number of rotatable bonds is 7. The second kappa shape index (κ2) is 7.82. The van der Waals surface area contributed by atoms with Crippen molar-refractivity contribution in [2.24, 2.45) is 5.92 Å². The number of carbonyl (C=O) groups excluding carboxylic acids is 1. The molecule has 3 nitrogen and oxygen atoms in total. The molecule has 0 aliphatic heterocycles. The van der Waals surface area contributed by atoms with Crippen LogP contribution < -0.4 is 4.74 Å². The van der Waals surface area contributed by atoms with Gasteiger partial charge in [-0.05, 0) is 49.9 Å². The fraction of sp³-hybridized carbons (Fsp3) is 0.562. The highest BCUT2D eigenvalue weighted by atomic mass is 16.5. The highest BCUT2D eigenvalue weighted by molar-refractivity contribution is 5.89. The van der Waals surface area contributed by atoms with Gasteiger partial charge in [-0.15, -0.1) is 0 Å². The van der Waals surface area contributed by atoms with Crippen molar-refractivity contribution in [1.82, 2.24) is 0 Å². The van der Waals surface area contributed by atoms with E-state index in [1.165, 1.54) is 20.0 Å². The molecule has 0 heterocycles. The fourth-order valence-electron chi connectivity index (χ4n) is 1.89. The van der Waals surface area contributed by atoms with E-state index in [0.717, 1.165) is 18.1 Å². The lowest BCUT2D eigenvalue weighted by Gasteiger charge is -2.15. The number of hydrogen-bond acceptors (Lipinski definition) is 3. The first-order valence-electron chi connectivity index (χ1n) is 6.88. The topological polar surface area (TPSA) is 35.5 Å². The molecule has 0 aliphatic rings. The Morgan fingerprint density at radius 2 is 1.74 bits per heavy atom.